The van der Waals surface area contributed by atoms with Crippen LogP contribution in [0.25, 0.3) is 22.2 Å². The van der Waals surface area contributed by atoms with E-state index in [-0.39, 0.29) is 11.8 Å². The first-order chi connectivity index (χ1) is 12.6. The Morgan fingerprint density at radius 2 is 2.15 bits per heavy atom. The van der Waals surface area contributed by atoms with Crippen LogP contribution < -0.4 is 10.1 Å². The maximum absolute atomic E-state index is 12.0. The molecule has 3 aromatic rings. The normalized spacial score (nSPS) is 13.8. The molecule has 3 aromatic heterocycles. The van der Waals surface area contributed by atoms with Gasteiger partial charge in [-0.15, -0.1) is 0 Å². The Bertz CT molecular complexity index is 967. The van der Waals surface area contributed by atoms with Crippen molar-refractivity contribution >= 4 is 22.6 Å². The van der Waals surface area contributed by atoms with Crippen LogP contribution in [0.2, 0.25) is 0 Å². The first kappa shape index (κ1) is 16.6. The standard InChI is InChI=1S/C20H22N4O2/c1-4-12-7-8-21-20(26-3)18(12)15-9-14-10-17(22-11-16(14)24(15)2)23-19(25)13-5-6-13/h7-11,13H,4-6H2,1-3H3,(H,22,23,25). The number of anilines is 1. The van der Waals surface area contributed by atoms with Crippen molar-refractivity contribution in [3.05, 3.63) is 36.2 Å². The highest BCUT2D eigenvalue weighted by atomic mass is 16.5. The van der Waals surface area contributed by atoms with Gasteiger partial charge in [-0.1, -0.05) is 6.92 Å². The summed E-state index contributed by atoms with van der Waals surface area (Å²) in [5, 5.41) is 3.94. The maximum Gasteiger partial charge on any atom is 0.228 e. The van der Waals surface area contributed by atoms with Gasteiger partial charge < -0.3 is 14.6 Å². The summed E-state index contributed by atoms with van der Waals surface area (Å²) in [6.07, 6.45) is 6.41. The predicted molar refractivity (Wildman–Crippen MR) is 101 cm³/mol. The number of rotatable bonds is 5. The van der Waals surface area contributed by atoms with E-state index in [1.807, 2.05) is 19.2 Å². The predicted octanol–water partition coefficient (Wildman–Crippen LogP) is 3.55. The van der Waals surface area contributed by atoms with E-state index in [0.717, 1.165) is 41.4 Å². The average Bonchev–Trinajstić information content (AvgIpc) is 3.46. The topological polar surface area (TPSA) is 69.0 Å². The Morgan fingerprint density at radius 3 is 2.85 bits per heavy atom. The molecule has 0 bridgehead atoms. The minimum absolute atomic E-state index is 0.0650. The molecule has 6 nitrogen and oxygen atoms in total. The van der Waals surface area contributed by atoms with Crippen molar-refractivity contribution in [3.8, 4) is 17.1 Å². The van der Waals surface area contributed by atoms with Gasteiger partial charge in [-0.2, -0.15) is 0 Å². The first-order valence-corrected chi connectivity index (χ1v) is 8.91. The second kappa shape index (κ2) is 6.44. The van der Waals surface area contributed by atoms with Crippen molar-refractivity contribution in [2.45, 2.75) is 26.2 Å². The third kappa shape index (κ3) is 2.81. The summed E-state index contributed by atoms with van der Waals surface area (Å²) < 4.78 is 7.60. The molecule has 1 N–H and O–H groups in total. The van der Waals surface area contributed by atoms with Gasteiger partial charge in [-0.3, -0.25) is 4.79 Å². The molecule has 26 heavy (non-hydrogen) atoms. The number of carbonyl (C=O) groups excluding carboxylic acids is 1. The zero-order valence-corrected chi connectivity index (χ0v) is 15.2. The van der Waals surface area contributed by atoms with Gasteiger partial charge in [0.2, 0.25) is 11.8 Å². The molecular weight excluding hydrogens is 328 g/mol. The number of hydrogen-bond acceptors (Lipinski definition) is 4. The monoisotopic (exact) mass is 350 g/mol. The van der Waals surface area contributed by atoms with Gasteiger partial charge in [0, 0.05) is 24.5 Å². The van der Waals surface area contributed by atoms with E-state index < -0.39 is 0 Å². The number of carbonyl (C=O) groups is 1. The van der Waals surface area contributed by atoms with Crippen molar-refractivity contribution in [2.24, 2.45) is 13.0 Å². The Hall–Kier alpha value is -2.89. The number of aromatic nitrogens is 3. The van der Waals surface area contributed by atoms with Crippen molar-refractivity contribution in [3.63, 3.8) is 0 Å². The fourth-order valence-electron chi connectivity index (χ4n) is 3.32. The zero-order chi connectivity index (χ0) is 18.3. The number of hydrogen-bond donors (Lipinski definition) is 1. The fraction of sp³-hybridized carbons (Fsp3) is 0.350. The molecular formula is C20H22N4O2. The second-order valence-electron chi connectivity index (χ2n) is 6.69. The van der Waals surface area contributed by atoms with Gasteiger partial charge in [-0.25, -0.2) is 9.97 Å². The number of amides is 1. The molecule has 1 fully saturated rings. The van der Waals surface area contributed by atoms with Crippen LogP contribution >= 0.6 is 0 Å². The SMILES string of the molecule is CCc1ccnc(OC)c1-c1cc2cc(NC(=O)C3CC3)ncc2n1C. The van der Waals surface area contributed by atoms with Gasteiger partial charge in [-0.05, 0) is 43.0 Å². The van der Waals surface area contributed by atoms with Gasteiger partial charge >= 0.3 is 0 Å². The summed E-state index contributed by atoms with van der Waals surface area (Å²) >= 11 is 0. The highest BCUT2D eigenvalue weighted by Crippen LogP contribution is 2.36. The quantitative estimate of drug-likeness (QED) is 0.764. The molecule has 6 heteroatoms. The van der Waals surface area contributed by atoms with Gasteiger partial charge in [0.15, 0.2) is 0 Å². The lowest BCUT2D eigenvalue weighted by atomic mass is 10.0. The van der Waals surface area contributed by atoms with E-state index in [1.165, 1.54) is 5.56 Å². The molecule has 0 saturated heterocycles. The zero-order valence-electron chi connectivity index (χ0n) is 15.2. The summed E-state index contributed by atoms with van der Waals surface area (Å²) in [5.41, 5.74) is 4.20. The molecule has 4 rings (SSSR count). The molecule has 3 heterocycles. The minimum Gasteiger partial charge on any atom is -0.480 e. The van der Waals surface area contributed by atoms with Gasteiger partial charge in [0.25, 0.3) is 0 Å². The van der Waals surface area contributed by atoms with Crippen molar-refractivity contribution < 1.29 is 9.53 Å². The largest absolute Gasteiger partial charge is 0.480 e. The Labute approximate surface area is 152 Å². The van der Waals surface area contributed by atoms with Crippen LogP contribution in [0.1, 0.15) is 25.3 Å². The number of fused-ring (bicyclic) bond motifs is 1. The van der Waals surface area contributed by atoms with Crippen LogP contribution in [-0.4, -0.2) is 27.6 Å². The molecule has 0 aromatic carbocycles. The lowest BCUT2D eigenvalue weighted by Gasteiger charge is -2.13. The third-order valence-electron chi connectivity index (χ3n) is 4.96. The highest BCUT2D eigenvalue weighted by molar-refractivity contribution is 5.96. The Morgan fingerprint density at radius 1 is 1.35 bits per heavy atom. The first-order valence-electron chi connectivity index (χ1n) is 8.91. The highest BCUT2D eigenvalue weighted by Gasteiger charge is 2.29. The third-order valence-corrected chi connectivity index (χ3v) is 4.96. The van der Waals surface area contributed by atoms with Crippen LogP contribution in [0.3, 0.4) is 0 Å². The molecule has 0 aliphatic heterocycles. The van der Waals surface area contributed by atoms with Crippen LogP contribution in [0.5, 0.6) is 5.88 Å². The molecule has 1 amide bonds. The van der Waals surface area contributed by atoms with Crippen LogP contribution in [0.4, 0.5) is 5.82 Å². The summed E-state index contributed by atoms with van der Waals surface area (Å²) in [7, 11) is 3.65. The fourth-order valence-corrected chi connectivity index (χ4v) is 3.32. The van der Waals surface area contributed by atoms with E-state index in [9.17, 15) is 4.79 Å². The van der Waals surface area contributed by atoms with E-state index in [1.54, 1.807) is 19.5 Å². The second-order valence-corrected chi connectivity index (χ2v) is 6.69. The summed E-state index contributed by atoms with van der Waals surface area (Å²) in [6.45, 7) is 2.12. The van der Waals surface area contributed by atoms with E-state index in [2.05, 4.69) is 32.8 Å². The average molecular weight is 350 g/mol. The smallest absolute Gasteiger partial charge is 0.228 e. The maximum atomic E-state index is 12.0. The molecule has 0 radical (unpaired) electrons. The van der Waals surface area contributed by atoms with Crippen LogP contribution in [0, 0.1) is 5.92 Å². The number of pyridine rings is 2. The molecule has 1 aliphatic carbocycles. The Balaban J connectivity index is 1.79. The van der Waals surface area contributed by atoms with E-state index in [0.29, 0.717) is 11.7 Å². The number of ether oxygens (including phenoxy) is 1. The van der Waals surface area contributed by atoms with Crippen molar-refractivity contribution in [1.29, 1.82) is 0 Å². The lowest BCUT2D eigenvalue weighted by Crippen LogP contribution is -2.14. The summed E-state index contributed by atoms with van der Waals surface area (Å²) in [6, 6.07) is 6.05. The Kier molecular flexibility index (Phi) is 4.11. The van der Waals surface area contributed by atoms with E-state index >= 15 is 0 Å². The van der Waals surface area contributed by atoms with Crippen molar-refractivity contribution in [1.82, 2.24) is 14.5 Å². The molecule has 1 aliphatic rings. The molecule has 0 spiro atoms. The molecule has 0 unspecified atom stereocenters. The summed E-state index contributed by atoms with van der Waals surface area (Å²) in [4.78, 5) is 20.8. The minimum atomic E-state index is 0.0650. The lowest BCUT2D eigenvalue weighted by molar-refractivity contribution is -0.117. The van der Waals surface area contributed by atoms with Crippen LogP contribution in [-0.2, 0) is 18.3 Å². The van der Waals surface area contributed by atoms with Crippen molar-refractivity contribution in [2.75, 3.05) is 12.4 Å². The van der Waals surface area contributed by atoms with Gasteiger partial charge in [0.05, 0.1) is 30.1 Å². The molecule has 1 saturated carbocycles. The number of methoxy groups -OCH3 is 1. The number of nitrogens with one attached hydrogen (secondary N) is 1. The van der Waals surface area contributed by atoms with Gasteiger partial charge in [0.1, 0.15) is 5.82 Å². The molecule has 134 valence electrons. The number of nitrogens with zero attached hydrogens (tertiary/aromatic N) is 3. The molecule has 0 atom stereocenters. The number of aryl methyl sites for hydroxylation is 2. The van der Waals surface area contributed by atoms with E-state index in [4.69, 9.17) is 4.74 Å². The van der Waals surface area contributed by atoms with Crippen LogP contribution in [0.15, 0.2) is 30.6 Å². The summed E-state index contributed by atoms with van der Waals surface area (Å²) in [5.74, 6) is 1.44.